The van der Waals surface area contributed by atoms with E-state index < -0.39 is 54.6 Å². The standard InChI is InChI=1S/C21H26O11/c1-10-6-7-15(26)16(8-10)31-21-20(30-14(5)25)19(29-13(4)24)18(28-12(3)23)17(32-21)9-27-11(2)22/h6-8,17-21,26H,9H2,1-5H3/t17-,18-,19+,20-,21-/m1/s1. The number of rotatable bonds is 7. The van der Waals surface area contributed by atoms with Crippen LogP contribution in [0, 0.1) is 6.92 Å². The van der Waals surface area contributed by atoms with E-state index in [1.54, 1.807) is 13.0 Å². The number of hydrogen-bond acceptors (Lipinski definition) is 11. The van der Waals surface area contributed by atoms with Gasteiger partial charge in [-0.1, -0.05) is 6.07 Å². The van der Waals surface area contributed by atoms with E-state index in [0.717, 1.165) is 26.3 Å². The molecule has 1 aromatic carbocycles. The minimum absolute atomic E-state index is 0.00546. The molecule has 1 aliphatic heterocycles. The van der Waals surface area contributed by atoms with E-state index in [9.17, 15) is 24.3 Å². The first kappa shape index (κ1) is 24.9. The van der Waals surface area contributed by atoms with E-state index in [2.05, 4.69) is 0 Å². The quantitative estimate of drug-likeness (QED) is 0.468. The minimum atomic E-state index is -1.41. The predicted octanol–water partition coefficient (Wildman–Crippen LogP) is 1.16. The van der Waals surface area contributed by atoms with Crippen LogP contribution in [0.2, 0.25) is 0 Å². The lowest BCUT2D eigenvalue weighted by Crippen LogP contribution is -2.63. The summed E-state index contributed by atoms with van der Waals surface area (Å²) in [7, 11) is 0. The molecular weight excluding hydrogens is 428 g/mol. The summed E-state index contributed by atoms with van der Waals surface area (Å²) in [5.74, 6) is -3.09. The topological polar surface area (TPSA) is 144 Å². The maximum absolute atomic E-state index is 11.8. The molecule has 0 bridgehead atoms. The highest BCUT2D eigenvalue weighted by Gasteiger charge is 2.53. The van der Waals surface area contributed by atoms with Crippen LogP contribution in [-0.4, -0.2) is 66.3 Å². The highest BCUT2D eigenvalue weighted by atomic mass is 16.7. The molecule has 1 N–H and O–H groups in total. The van der Waals surface area contributed by atoms with E-state index in [0.29, 0.717) is 0 Å². The molecule has 5 atom stereocenters. The summed E-state index contributed by atoms with van der Waals surface area (Å²) < 4.78 is 32.5. The molecule has 1 saturated heterocycles. The van der Waals surface area contributed by atoms with Gasteiger partial charge in [0.05, 0.1) is 0 Å². The second-order valence-corrected chi connectivity index (χ2v) is 7.16. The number of esters is 4. The maximum atomic E-state index is 11.8. The van der Waals surface area contributed by atoms with Gasteiger partial charge in [0.15, 0.2) is 23.7 Å². The molecule has 0 spiro atoms. The summed E-state index contributed by atoms with van der Waals surface area (Å²) in [6, 6.07) is 4.56. The Morgan fingerprint density at radius 1 is 0.875 bits per heavy atom. The second kappa shape index (κ2) is 10.8. The van der Waals surface area contributed by atoms with Crippen LogP contribution in [0.5, 0.6) is 11.5 Å². The van der Waals surface area contributed by atoms with Gasteiger partial charge >= 0.3 is 23.9 Å². The van der Waals surface area contributed by atoms with Crippen molar-refractivity contribution in [3.8, 4) is 11.5 Å². The number of phenols is 1. The van der Waals surface area contributed by atoms with E-state index in [1.165, 1.54) is 19.1 Å². The molecule has 0 amide bonds. The number of benzene rings is 1. The molecule has 0 aliphatic carbocycles. The highest BCUT2D eigenvalue weighted by Crippen LogP contribution is 2.34. The molecule has 176 valence electrons. The Bertz CT molecular complexity index is 865. The van der Waals surface area contributed by atoms with Gasteiger partial charge in [-0.3, -0.25) is 19.2 Å². The summed E-state index contributed by atoms with van der Waals surface area (Å²) in [6.07, 6.45) is -6.58. The third kappa shape index (κ3) is 6.84. The molecule has 0 radical (unpaired) electrons. The fraction of sp³-hybridized carbons (Fsp3) is 0.524. The molecular formula is C21H26O11. The number of aromatic hydroxyl groups is 1. The Kier molecular flexibility index (Phi) is 8.41. The summed E-state index contributed by atoms with van der Waals surface area (Å²) in [6.45, 7) is 5.93. The zero-order valence-corrected chi connectivity index (χ0v) is 18.4. The Balaban J connectivity index is 2.49. The number of ether oxygens (including phenoxy) is 6. The normalized spacial score (nSPS) is 24.7. The number of carbonyl (C=O) groups is 4. The van der Waals surface area contributed by atoms with Crippen LogP contribution in [0.15, 0.2) is 18.2 Å². The van der Waals surface area contributed by atoms with Gasteiger partial charge in [-0.15, -0.1) is 0 Å². The third-order valence-corrected chi connectivity index (χ3v) is 4.31. The molecule has 1 aromatic rings. The van der Waals surface area contributed by atoms with Crippen LogP contribution in [0.25, 0.3) is 0 Å². The number of carbonyl (C=O) groups excluding carboxylic acids is 4. The molecule has 0 unspecified atom stereocenters. The average molecular weight is 454 g/mol. The van der Waals surface area contributed by atoms with Gasteiger partial charge in [-0.25, -0.2) is 0 Å². The van der Waals surface area contributed by atoms with Gasteiger partial charge in [-0.2, -0.15) is 0 Å². The van der Waals surface area contributed by atoms with E-state index in [-0.39, 0.29) is 18.1 Å². The summed E-state index contributed by atoms with van der Waals surface area (Å²) in [4.78, 5) is 46.6. The molecule has 11 nitrogen and oxygen atoms in total. The zero-order valence-electron chi connectivity index (χ0n) is 18.4. The first-order chi connectivity index (χ1) is 15.0. The Labute approximate surface area is 184 Å². The molecule has 0 aromatic heterocycles. The van der Waals surface area contributed by atoms with Crippen LogP contribution in [0.3, 0.4) is 0 Å². The van der Waals surface area contributed by atoms with Crippen LogP contribution < -0.4 is 4.74 Å². The Morgan fingerprint density at radius 2 is 1.44 bits per heavy atom. The van der Waals surface area contributed by atoms with Crippen molar-refractivity contribution < 1.29 is 52.7 Å². The molecule has 1 heterocycles. The SMILES string of the molecule is CC(=O)OC[C@H]1O[C@@H](Oc2cc(C)ccc2O)[C@H](OC(C)=O)[C@@H](OC(C)=O)[C@@H]1OC(C)=O. The first-order valence-corrected chi connectivity index (χ1v) is 9.74. The maximum Gasteiger partial charge on any atom is 0.303 e. The molecule has 1 aliphatic rings. The third-order valence-electron chi connectivity index (χ3n) is 4.31. The first-order valence-electron chi connectivity index (χ1n) is 9.74. The fourth-order valence-corrected chi connectivity index (χ4v) is 3.12. The molecule has 32 heavy (non-hydrogen) atoms. The van der Waals surface area contributed by atoms with Crippen molar-refractivity contribution in [2.45, 2.75) is 65.3 Å². The Morgan fingerprint density at radius 3 is 2.00 bits per heavy atom. The summed E-state index contributed by atoms with van der Waals surface area (Å²) in [5, 5.41) is 10.1. The molecule has 2 rings (SSSR count). The summed E-state index contributed by atoms with van der Waals surface area (Å²) >= 11 is 0. The van der Waals surface area contributed by atoms with Crippen molar-refractivity contribution in [2.75, 3.05) is 6.61 Å². The minimum Gasteiger partial charge on any atom is -0.504 e. The largest absolute Gasteiger partial charge is 0.504 e. The fourth-order valence-electron chi connectivity index (χ4n) is 3.12. The van der Waals surface area contributed by atoms with Gasteiger partial charge in [0, 0.05) is 27.7 Å². The van der Waals surface area contributed by atoms with Crippen molar-refractivity contribution in [1.82, 2.24) is 0 Å². The molecule has 0 saturated carbocycles. The van der Waals surface area contributed by atoms with Crippen molar-refractivity contribution in [3.63, 3.8) is 0 Å². The second-order valence-electron chi connectivity index (χ2n) is 7.16. The van der Waals surface area contributed by atoms with Crippen molar-refractivity contribution >= 4 is 23.9 Å². The summed E-state index contributed by atoms with van der Waals surface area (Å²) in [5.41, 5.74) is 0.753. The smallest absolute Gasteiger partial charge is 0.303 e. The number of aryl methyl sites for hydroxylation is 1. The predicted molar refractivity (Wildman–Crippen MR) is 105 cm³/mol. The monoisotopic (exact) mass is 454 g/mol. The van der Waals surface area contributed by atoms with Crippen LogP contribution in [-0.2, 0) is 42.9 Å². The van der Waals surface area contributed by atoms with Crippen LogP contribution in [0.4, 0.5) is 0 Å². The molecule has 1 fully saturated rings. The van der Waals surface area contributed by atoms with Gasteiger partial charge in [0.1, 0.15) is 12.7 Å². The van der Waals surface area contributed by atoms with Crippen molar-refractivity contribution in [1.29, 1.82) is 0 Å². The average Bonchev–Trinajstić information content (AvgIpc) is 2.66. The van der Waals surface area contributed by atoms with Crippen molar-refractivity contribution in [2.24, 2.45) is 0 Å². The van der Waals surface area contributed by atoms with Gasteiger partial charge < -0.3 is 33.5 Å². The van der Waals surface area contributed by atoms with E-state index >= 15 is 0 Å². The van der Waals surface area contributed by atoms with Gasteiger partial charge in [0.25, 0.3) is 0 Å². The molecule has 11 heteroatoms. The van der Waals surface area contributed by atoms with E-state index in [1.807, 2.05) is 0 Å². The Hall–Kier alpha value is -3.34. The van der Waals surface area contributed by atoms with Gasteiger partial charge in [0.2, 0.25) is 12.4 Å². The van der Waals surface area contributed by atoms with Crippen LogP contribution >= 0.6 is 0 Å². The lowest BCUT2D eigenvalue weighted by Gasteiger charge is -2.43. The van der Waals surface area contributed by atoms with Crippen molar-refractivity contribution in [3.05, 3.63) is 23.8 Å². The van der Waals surface area contributed by atoms with Crippen LogP contribution in [0.1, 0.15) is 33.3 Å². The number of phenolic OH excluding ortho intramolecular Hbond substituents is 1. The zero-order chi connectivity index (χ0) is 24.0. The lowest BCUT2D eigenvalue weighted by atomic mass is 9.98. The number of hydrogen-bond donors (Lipinski definition) is 1. The van der Waals surface area contributed by atoms with Gasteiger partial charge in [-0.05, 0) is 24.6 Å². The highest BCUT2D eigenvalue weighted by molar-refractivity contribution is 5.68. The van der Waals surface area contributed by atoms with E-state index in [4.69, 9.17) is 28.4 Å². The lowest BCUT2D eigenvalue weighted by molar-refractivity contribution is -0.288.